The van der Waals surface area contributed by atoms with Gasteiger partial charge in [-0.05, 0) is 81.9 Å². The van der Waals surface area contributed by atoms with E-state index in [0.717, 1.165) is 0 Å². The first-order valence-electron chi connectivity index (χ1n) is 16.7. The summed E-state index contributed by atoms with van der Waals surface area (Å²) in [4.78, 5) is 28.0. The molecular weight excluding hydrogens is 682 g/mol. The van der Waals surface area contributed by atoms with Gasteiger partial charge in [-0.2, -0.15) is 26.3 Å². The van der Waals surface area contributed by atoms with E-state index in [2.05, 4.69) is 0 Å². The van der Waals surface area contributed by atoms with Crippen LogP contribution in [0.25, 0.3) is 43.1 Å². The molecule has 1 aliphatic rings. The third kappa shape index (κ3) is 6.46. The van der Waals surface area contributed by atoms with E-state index in [1.807, 2.05) is 0 Å². The first-order chi connectivity index (χ1) is 24.7. The Labute approximate surface area is 294 Å². The number of fused-ring (bicyclic) bond motifs is 4. The second kappa shape index (κ2) is 13.3. The van der Waals surface area contributed by atoms with E-state index < -0.39 is 48.3 Å². The van der Waals surface area contributed by atoms with E-state index in [-0.39, 0.29) is 45.5 Å². The molecule has 7 rings (SSSR count). The predicted molar refractivity (Wildman–Crippen MR) is 187 cm³/mol. The van der Waals surface area contributed by atoms with Crippen LogP contribution in [-0.2, 0) is 19.1 Å². The second-order valence-corrected chi connectivity index (χ2v) is 13.4. The molecule has 0 unspecified atom stereocenters. The summed E-state index contributed by atoms with van der Waals surface area (Å²) >= 11 is 0. The average Bonchev–Trinajstić information content (AvgIpc) is 3.11. The Morgan fingerprint density at radius 3 is 1.06 bits per heavy atom. The number of carbonyl (C=O) groups is 2. The van der Waals surface area contributed by atoms with Crippen LogP contribution in [0.15, 0.2) is 120 Å². The molecule has 0 N–H and O–H groups in total. The molecule has 0 heterocycles. The van der Waals surface area contributed by atoms with E-state index in [9.17, 15) is 9.59 Å². The van der Waals surface area contributed by atoms with Gasteiger partial charge in [0.2, 0.25) is 12.2 Å². The van der Waals surface area contributed by atoms with Crippen LogP contribution in [0.1, 0.15) is 50.0 Å². The first-order valence-corrected chi connectivity index (χ1v) is 16.7. The normalized spacial score (nSPS) is 18.2. The Morgan fingerprint density at radius 1 is 0.519 bits per heavy atom. The minimum absolute atomic E-state index is 0.195. The fraction of sp³-hybridized carbons (Fsp3) is 0.238. The Hall–Kier alpha value is -5.38. The van der Waals surface area contributed by atoms with E-state index in [1.54, 1.807) is 98.8 Å². The number of hydrogen-bond donors (Lipinski definition) is 0. The molecule has 0 fully saturated rings. The molecule has 0 spiro atoms. The van der Waals surface area contributed by atoms with Gasteiger partial charge in [0.1, 0.15) is 0 Å². The van der Waals surface area contributed by atoms with Gasteiger partial charge in [-0.3, -0.25) is 9.59 Å². The molecule has 6 aromatic carbocycles. The molecular formula is C42H32F6O4. The molecule has 0 saturated carbocycles. The Morgan fingerprint density at radius 2 is 0.788 bits per heavy atom. The van der Waals surface area contributed by atoms with E-state index >= 15 is 26.3 Å². The van der Waals surface area contributed by atoms with E-state index in [1.165, 1.54) is 24.3 Å². The second-order valence-electron chi connectivity index (χ2n) is 13.4. The van der Waals surface area contributed by atoms with E-state index in [0.29, 0.717) is 32.7 Å². The summed E-state index contributed by atoms with van der Waals surface area (Å²) in [6, 6.07) is 29.2. The number of alkyl halides is 6. The van der Waals surface area contributed by atoms with Gasteiger partial charge in [-0.25, -0.2) is 0 Å². The van der Waals surface area contributed by atoms with Crippen molar-refractivity contribution in [1.29, 1.82) is 0 Å². The molecule has 10 heteroatoms. The smallest absolute Gasteiger partial charge is 0.429 e. The van der Waals surface area contributed by atoms with E-state index in [4.69, 9.17) is 9.47 Å². The Balaban J connectivity index is 1.28. The van der Waals surface area contributed by atoms with Crippen molar-refractivity contribution in [3.63, 3.8) is 0 Å². The number of hydrogen-bond acceptors (Lipinski definition) is 4. The SMILES string of the molecule is CC1=C(C)C[C@H](C(=O)O[C@H](c2c3ccccc3cc3ccccc23)C(F)(F)F)[C@@H](C(=O)O[C@H](c2c3ccccc3cc3ccccc23)C(F)(F)F)C1. The fourth-order valence-corrected chi connectivity index (χ4v) is 7.44. The van der Waals surface area contributed by atoms with Crippen LogP contribution < -0.4 is 0 Å². The summed E-state index contributed by atoms with van der Waals surface area (Å²) in [6.07, 6.45) is -16.0. The maximum absolute atomic E-state index is 15.0. The van der Waals surface area contributed by atoms with Gasteiger partial charge in [0, 0.05) is 11.1 Å². The first kappa shape index (κ1) is 35.0. The molecule has 4 atom stereocenters. The van der Waals surface area contributed by atoms with Gasteiger partial charge < -0.3 is 9.47 Å². The van der Waals surface area contributed by atoms with Crippen LogP contribution in [0.4, 0.5) is 26.3 Å². The van der Waals surface area contributed by atoms with Gasteiger partial charge in [0.15, 0.2) is 0 Å². The van der Waals surface area contributed by atoms with Crippen LogP contribution in [0, 0.1) is 11.8 Å². The van der Waals surface area contributed by atoms with Crippen LogP contribution >= 0.6 is 0 Å². The molecule has 0 bridgehead atoms. The quantitative estimate of drug-likeness (QED) is 0.0746. The number of benzene rings is 6. The lowest BCUT2D eigenvalue weighted by Gasteiger charge is -2.33. The molecule has 6 aromatic rings. The molecule has 0 amide bonds. The lowest BCUT2D eigenvalue weighted by molar-refractivity contribution is -0.231. The summed E-state index contributed by atoms with van der Waals surface area (Å²) in [5.41, 5.74) is 0.705. The Bertz CT molecular complexity index is 2120. The van der Waals surface area contributed by atoms with Gasteiger partial charge >= 0.3 is 24.3 Å². The summed E-state index contributed by atoms with van der Waals surface area (Å²) < 4.78 is 101. The summed E-state index contributed by atoms with van der Waals surface area (Å²) in [5, 5.41) is 2.86. The van der Waals surface area contributed by atoms with Gasteiger partial charge in [0.05, 0.1) is 11.8 Å². The van der Waals surface area contributed by atoms with Crippen molar-refractivity contribution < 1.29 is 45.4 Å². The van der Waals surface area contributed by atoms with Crippen LogP contribution in [0.5, 0.6) is 0 Å². The summed E-state index contributed by atoms with van der Waals surface area (Å²) in [7, 11) is 0. The zero-order chi connectivity index (χ0) is 36.9. The van der Waals surface area contributed by atoms with Crippen molar-refractivity contribution in [3.05, 3.63) is 131 Å². The Kier molecular flexibility index (Phi) is 8.97. The minimum atomic E-state index is -5.08. The largest absolute Gasteiger partial charge is 0.447 e. The highest BCUT2D eigenvalue weighted by molar-refractivity contribution is 6.04. The minimum Gasteiger partial charge on any atom is -0.447 e. The van der Waals surface area contributed by atoms with Crippen molar-refractivity contribution in [1.82, 2.24) is 0 Å². The highest BCUT2D eigenvalue weighted by Crippen LogP contribution is 2.47. The third-order valence-corrected chi connectivity index (χ3v) is 10.1. The van der Waals surface area contributed by atoms with Crippen molar-refractivity contribution >= 4 is 55.0 Å². The van der Waals surface area contributed by atoms with Gasteiger partial charge in [-0.15, -0.1) is 0 Å². The topological polar surface area (TPSA) is 52.6 Å². The lowest BCUT2D eigenvalue weighted by atomic mass is 9.76. The summed E-state index contributed by atoms with van der Waals surface area (Å²) in [5.74, 6) is -5.79. The third-order valence-electron chi connectivity index (χ3n) is 10.1. The van der Waals surface area contributed by atoms with Crippen LogP contribution in [0.3, 0.4) is 0 Å². The average molecular weight is 715 g/mol. The number of allylic oxidation sites excluding steroid dienone is 2. The molecule has 4 nitrogen and oxygen atoms in total. The summed E-state index contributed by atoms with van der Waals surface area (Å²) in [6.45, 7) is 3.33. The van der Waals surface area contributed by atoms with Crippen LogP contribution in [-0.4, -0.2) is 24.3 Å². The number of halogens is 6. The van der Waals surface area contributed by atoms with Crippen molar-refractivity contribution in [2.24, 2.45) is 11.8 Å². The molecule has 0 saturated heterocycles. The zero-order valence-corrected chi connectivity index (χ0v) is 28.0. The van der Waals surface area contributed by atoms with Crippen LogP contribution in [0.2, 0.25) is 0 Å². The fourth-order valence-electron chi connectivity index (χ4n) is 7.44. The monoisotopic (exact) mass is 714 g/mol. The van der Waals surface area contributed by atoms with Crippen molar-refractivity contribution in [2.75, 3.05) is 0 Å². The highest BCUT2D eigenvalue weighted by Gasteiger charge is 2.51. The molecule has 266 valence electrons. The van der Waals surface area contributed by atoms with Gasteiger partial charge in [-0.1, -0.05) is 108 Å². The van der Waals surface area contributed by atoms with Gasteiger partial charge in [0.25, 0.3) is 0 Å². The molecule has 0 radical (unpaired) electrons. The van der Waals surface area contributed by atoms with Crippen molar-refractivity contribution in [2.45, 2.75) is 51.2 Å². The maximum Gasteiger partial charge on any atom is 0.429 e. The number of carbonyl (C=O) groups excluding carboxylic acids is 2. The van der Waals surface area contributed by atoms with Crippen molar-refractivity contribution in [3.8, 4) is 0 Å². The standard InChI is InChI=1S/C42H32F6O4/c1-23-19-33(39(49)51-37(41(43,44)45)35-29-15-7-3-11-25(29)21-26-12-4-8-16-30(26)35)34(20-24(23)2)40(50)52-38(42(46,47)48)36-31-17-9-5-13-27(31)22-28-14-6-10-18-32(28)36/h3-18,21-22,33-34,37-38H,19-20H2,1-2H3/t33-,34-,37+,38+/m0/s1. The number of rotatable bonds is 6. The number of esters is 2. The lowest BCUT2D eigenvalue weighted by Crippen LogP contribution is -2.39. The zero-order valence-electron chi connectivity index (χ0n) is 28.0. The maximum atomic E-state index is 15.0. The molecule has 0 aliphatic heterocycles. The molecule has 52 heavy (non-hydrogen) atoms. The molecule has 1 aliphatic carbocycles. The predicted octanol–water partition coefficient (Wildman–Crippen LogP) is 11.7. The highest BCUT2D eigenvalue weighted by atomic mass is 19.4. The molecule has 0 aromatic heterocycles. The number of ether oxygens (including phenoxy) is 2.